The van der Waals surface area contributed by atoms with Crippen molar-refractivity contribution < 1.29 is 4.74 Å². The summed E-state index contributed by atoms with van der Waals surface area (Å²) in [5, 5.41) is 0. The van der Waals surface area contributed by atoms with E-state index < -0.39 is 0 Å². The molecule has 1 fully saturated rings. The van der Waals surface area contributed by atoms with E-state index >= 15 is 0 Å². The number of unbranched alkanes of at least 4 members (excludes halogenated alkanes) is 7. The second-order valence-corrected chi connectivity index (χ2v) is 5.81. The van der Waals surface area contributed by atoms with Crippen LogP contribution in [0.25, 0.3) is 0 Å². The van der Waals surface area contributed by atoms with Crippen molar-refractivity contribution in [3.63, 3.8) is 0 Å². The molecule has 0 aromatic heterocycles. The normalized spacial score (nSPS) is 17.6. The molecule has 106 valence electrons. The van der Waals surface area contributed by atoms with Crippen LogP contribution < -0.4 is 0 Å². The Morgan fingerprint density at radius 1 is 0.789 bits per heavy atom. The molecule has 1 aliphatic rings. The second kappa shape index (κ2) is 9.14. The Bertz CT molecular complexity index is 316. The van der Waals surface area contributed by atoms with Gasteiger partial charge in [0.15, 0.2) is 0 Å². The third kappa shape index (κ3) is 7.37. The fraction of sp³-hybridized carbons (Fsp3) is 0.667. The van der Waals surface area contributed by atoms with Gasteiger partial charge in [0.1, 0.15) is 0 Å². The van der Waals surface area contributed by atoms with Crippen LogP contribution in [0.15, 0.2) is 30.3 Å². The zero-order chi connectivity index (χ0) is 13.2. The van der Waals surface area contributed by atoms with Crippen molar-refractivity contribution in [1.82, 2.24) is 0 Å². The molecule has 19 heavy (non-hydrogen) atoms. The molecule has 1 saturated heterocycles. The third-order valence-corrected chi connectivity index (χ3v) is 3.99. The Hall–Kier alpha value is -0.820. The maximum atomic E-state index is 5.22. The number of aryl methyl sites for hydroxylation is 1. The smallest absolute Gasteiger partial charge is 0.0810 e. The molecule has 1 unspecified atom stereocenters. The number of epoxide rings is 1. The van der Waals surface area contributed by atoms with Crippen molar-refractivity contribution in [2.24, 2.45) is 0 Å². The lowest BCUT2D eigenvalue weighted by molar-refractivity contribution is 0.387. The van der Waals surface area contributed by atoms with Gasteiger partial charge in [0, 0.05) is 0 Å². The first-order valence-electron chi connectivity index (χ1n) is 8.11. The van der Waals surface area contributed by atoms with E-state index in [-0.39, 0.29) is 0 Å². The predicted octanol–water partition coefficient (Wildman–Crippen LogP) is 5.14. The standard InChI is InChI=1S/C18H28O/c1(2-4-6-11-15-18-16-19-18)3-5-8-12-17-13-9-7-10-14-17/h7,9-10,13-14,18H,1-6,8,11-12,15-16H2. The van der Waals surface area contributed by atoms with Crippen LogP contribution in [-0.4, -0.2) is 12.7 Å². The van der Waals surface area contributed by atoms with Gasteiger partial charge < -0.3 is 4.74 Å². The molecule has 1 aromatic rings. The molecule has 1 aliphatic heterocycles. The zero-order valence-corrected chi connectivity index (χ0v) is 12.2. The molecule has 1 aromatic carbocycles. The molecule has 0 N–H and O–H groups in total. The SMILES string of the molecule is c1ccc(CCCCCCCCCCC2CO2)cc1. The molecule has 0 spiro atoms. The molecule has 0 saturated carbocycles. The molecule has 2 rings (SSSR count). The lowest BCUT2D eigenvalue weighted by atomic mass is 10.0. The molecule has 1 heteroatoms. The second-order valence-electron chi connectivity index (χ2n) is 5.81. The number of hydrogen-bond acceptors (Lipinski definition) is 1. The van der Waals surface area contributed by atoms with E-state index in [9.17, 15) is 0 Å². The van der Waals surface area contributed by atoms with Crippen molar-refractivity contribution in [2.45, 2.75) is 70.3 Å². The first kappa shape index (κ1) is 14.6. The molecule has 0 amide bonds. The third-order valence-electron chi connectivity index (χ3n) is 3.99. The minimum atomic E-state index is 0.637. The largest absolute Gasteiger partial charge is 0.373 e. The highest BCUT2D eigenvalue weighted by atomic mass is 16.6. The zero-order valence-electron chi connectivity index (χ0n) is 12.2. The maximum Gasteiger partial charge on any atom is 0.0810 e. The number of hydrogen-bond donors (Lipinski definition) is 0. The average Bonchev–Trinajstić information content (AvgIpc) is 3.26. The molecule has 0 radical (unpaired) electrons. The van der Waals surface area contributed by atoms with E-state index in [1.807, 2.05) is 0 Å². The lowest BCUT2D eigenvalue weighted by Gasteiger charge is -2.03. The minimum absolute atomic E-state index is 0.637. The highest BCUT2D eigenvalue weighted by Crippen LogP contribution is 2.18. The van der Waals surface area contributed by atoms with Gasteiger partial charge in [-0.3, -0.25) is 0 Å². The van der Waals surface area contributed by atoms with Gasteiger partial charge in [-0.15, -0.1) is 0 Å². The molecule has 0 aliphatic carbocycles. The van der Waals surface area contributed by atoms with Gasteiger partial charge in [-0.2, -0.15) is 0 Å². The molecule has 1 nitrogen and oxygen atoms in total. The average molecular weight is 260 g/mol. The van der Waals surface area contributed by atoms with E-state index in [1.165, 1.54) is 69.8 Å². The van der Waals surface area contributed by atoms with Gasteiger partial charge in [-0.05, 0) is 24.8 Å². The number of benzene rings is 1. The summed E-state index contributed by atoms with van der Waals surface area (Å²) < 4.78 is 5.22. The predicted molar refractivity (Wildman–Crippen MR) is 81.4 cm³/mol. The van der Waals surface area contributed by atoms with Crippen LogP contribution >= 0.6 is 0 Å². The Morgan fingerprint density at radius 3 is 2.00 bits per heavy atom. The summed E-state index contributed by atoms with van der Waals surface area (Å²) in [4.78, 5) is 0. The van der Waals surface area contributed by atoms with Crippen molar-refractivity contribution in [1.29, 1.82) is 0 Å². The molecular formula is C18H28O. The Balaban J connectivity index is 1.32. The van der Waals surface area contributed by atoms with Gasteiger partial charge in [0.25, 0.3) is 0 Å². The summed E-state index contributed by atoms with van der Waals surface area (Å²) in [5.41, 5.74) is 1.49. The number of rotatable bonds is 11. The molecule has 1 heterocycles. The van der Waals surface area contributed by atoms with Crippen molar-refractivity contribution in [3.8, 4) is 0 Å². The highest BCUT2D eigenvalue weighted by Gasteiger charge is 2.20. The van der Waals surface area contributed by atoms with E-state index in [1.54, 1.807) is 0 Å². The van der Waals surface area contributed by atoms with E-state index in [2.05, 4.69) is 30.3 Å². The fourth-order valence-corrected chi connectivity index (χ4v) is 2.64. The van der Waals surface area contributed by atoms with Gasteiger partial charge in [0.05, 0.1) is 12.7 Å². The lowest BCUT2D eigenvalue weighted by Crippen LogP contribution is -1.87. The summed E-state index contributed by atoms with van der Waals surface area (Å²) in [6.07, 6.45) is 14.4. The van der Waals surface area contributed by atoms with Crippen LogP contribution in [0.3, 0.4) is 0 Å². The first-order valence-corrected chi connectivity index (χ1v) is 8.11. The molecule has 0 bridgehead atoms. The van der Waals surface area contributed by atoms with Crippen molar-refractivity contribution in [2.75, 3.05) is 6.61 Å². The summed E-state index contributed by atoms with van der Waals surface area (Å²) >= 11 is 0. The first-order chi connectivity index (χ1) is 9.45. The van der Waals surface area contributed by atoms with Crippen LogP contribution in [0, 0.1) is 0 Å². The number of ether oxygens (including phenoxy) is 1. The van der Waals surface area contributed by atoms with E-state index in [0.717, 1.165) is 6.61 Å². The quantitative estimate of drug-likeness (QED) is 0.396. The highest BCUT2D eigenvalue weighted by molar-refractivity contribution is 5.14. The monoisotopic (exact) mass is 260 g/mol. The van der Waals surface area contributed by atoms with Crippen LogP contribution in [0.1, 0.15) is 63.4 Å². The van der Waals surface area contributed by atoms with Crippen LogP contribution in [0.5, 0.6) is 0 Å². The molecular weight excluding hydrogens is 232 g/mol. The van der Waals surface area contributed by atoms with Gasteiger partial charge >= 0.3 is 0 Å². The van der Waals surface area contributed by atoms with Crippen LogP contribution in [-0.2, 0) is 11.2 Å². The van der Waals surface area contributed by atoms with Gasteiger partial charge in [0.2, 0.25) is 0 Å². The van der Waals surface area contributed by atoms with E-state index in [4.69, 9.17) is 4.74 Å². The maximum absolute atomic E-state index is 5.22. The van der Waals surface area contributed by atoms with Crippen molar-refractivity contribution >= 4 is 0 Å². The Labute approximate surface area is 118 Å². The van der Waals surface area contributed by atoms with Gasteiger partial charge in [-0.1, -0.05) is 75.3 Å². The topological polar surface area (TPSA) is 12.5 Å². The minimum Gasteiger partial charge on any atom is -0.373 e. The van der Waals surface area contributed by atoms with Crippen molar-refractivity contribution in [3.05, 3.63) is 35.9 Å². The fourth-order valence-electron chi connectivity index (χ4n) is 2.64. The Morgan fingerprint density at radius 2 is 1.37 bits per heavy atom. The van der Waals surface area contributed by atoms with Gasteiger partial charge in [-0.25, -0.2) is 0 Å². The summed E-state index contributed by atoms with van der Waals surface area (Å²) in [6, 6.07) is 10.9. The van der Waals surface area contributed by atoms with E-state index in [0.29, 0.717) is 6.10 Å². The van der Waals surface area contributed by atoms with Crippen LogP contribution in [0.4, 0.5) is 0 Å². The summed E-state index contributed by atoms with van der Waals surface area (Å²) in [5.74, 6) is 0. The summed E-state index contributed by atoms with van der Waals surface area (Å²) in [6.45, 7) is 1.03. The van der Waals surface area contributed by atoms with Crippen LogP contribution in [0.2, 0.25) is 0 Å². The Kier molecular flexibility index (Phi) is 7.02. The molecule has 1 atom stereocenters. The summed E-state index contributed by atoms with van der Waals surface area (Å²) in [7, 11) is 0.